The third-order valence-electron chi connectivity index (χ3n) is 3.36. The molecule has 2 rings (SSSR count). The van der Waals surface area contributed by atoms with Crippen LogP contribution in [0.1, 0.15) is 16.7 Å². The standard InChI is InChI=1S/C17H16ClNO5/c1-10-6-13(19(21)22)4-5-15(10)23-9-16(20)24-14-7-11(2)17(18)12(3)8-14/h4-8H,9H2,1-3H3. The van der Waals surface area contributed by atoms with E-state index in [4.69, 9.17) is 21.1 Å². The van der Waals surface area contributed by atoms with Gasteiger partial charge in [0.2, 0.25) is 0 Å². The molecular weight excluding hydrogens is 334 g/mol. The Balaban J connectivity index is 2.00. The van der Waals surface area contributed by atoms with Crippen LogP contribution < -0.4 is 9.47 Å². The number of aryl methyl sites for hydroxylation is 3. The molecule has 2 aromatic carbocycles. The lowest BCUT2D eigenvalue weighted by Crippen LogP contribution is -2.18. The van der Waals surface area contributed by atoms with Gasteiger partial charge < -0.3 is 9.47 Å². The monoisotopic (exact) mass is 349 g/mol. The minimum Gasteiger partial charge on any atom is -0.482 e. The van der Waals surface area contributed by atoms with Gasteiger partial charge in [-0.1, -0.05) is 11.6 Å². The van der Waals surface area contributed by atoms with Crippen molar-refractivity contribution in [3.05, 3.63) is 62.2 Å². The first-order valence-corrected chi connectivity index (χ1v) is 7.51. The van der Waals surface area contributed by atoms with Crippen LogP contribution >= 0.6 is 11.6 Å². The average molecular weight is 350 g/mol. The summed E-state index contributed by atoms with van der Waals surface area (Å²) in [5.74, 6) is 0.207. The van der Waals surface area contributed by atoms with Crippen molar-refractivity contribution in [3.63, 3.8) is 0 Å². The quantitative estimate of drug-likeness (QED) is 0.350. The van der Waals surface area contributed by atoms with Gasteiger partial charge in [-0.05, 0) is 55.7 Å². The number of carbonyl (C=O) groups excluding carboxylic acids is 1. The maximum atomic E-state index is 11.9. The van der Waals surface area contributed by atoms with Gasteiger partial charge >= 0.3 is 5.97 Å². The molecule has 0 aliphatic rings. The molecule has 0 bridgehead atoms. The number of hydrogen-bond donors (Lipinski definition) is 0. The summed E-state index contributed by atoms with van der Waals surface area (Å²) in [5, 5.41) is 11.3. The number of nitro groups is 1. The van der Waals surface area contributed by atoms with E-state index in [9.17, 15) is 14.9 Å². The Kier molecular flexibility index (Phi) is 5.41. The maximum absolute atomic E-state index is 11.9. The second-order valence-electron chi connectivity index (χ2n) is 5.34. The van der Waals surface area contributed by atoms with Crippen LogP contribution in [0.5, 0.6) is 11.5 Å². The summed E-state index contributed by atoms with van der Waals surface area (Å²) < 4.78 is 10.6. The van der Waals surface area contributed by atoms with Crippen molar-refractivity contribution in [1.29, 1.82) is 0 Å². The van der Waals surface area contributed by atoms with Gasteiger partial charge in [0.25, 0.3) is 5.69 Å². The SMILES string of the molecule is Cc1cc([N+](=O)[O-])ccc1OCC(=O)Oc1cc(C)c(Cl)c(C)c1. The van der Waals surface area contributed by atoms with E-state index in [1.807, 2.05) is 13.8 Å². The summed E-state index contributed by atoms with van der Waals surface area (Å²) in [5.41, 5.74) is 2.16. The Morgan fingerprint density at radius 1 is 1.12 bits per heavy atom. The number of benzene rings is 2. The number of rotatable bonds is 5. The average Bonchev–Trinajstić information content (AvgIpc) is 2.51. The van der Waals surface area contributed by atoms with Crippen molar-refractivity contribution < 1.29 is 19.2 Å². The molecule has 0 spiro atoms. The molecule has 0 heterocycles. The minimum absolute atomic E-state index is 0.0328. The molecule has 2 aromatic rings. The van der Waals surface area contributed by atoms with Gasteiger partial charge in [0, 0.05) is 17.2 Å². The highest BCUT2D eigenvalue weighted by Gasteiger charge is 2.12. The molecule has 24 heavy (non-hydrogen) atoms. The molecule has 0 fully saturated rings. The van der Waals surface area contributed by atoms with E-state index >= 15 is 0 Å². The van der Waals surface area contributed by atoms with Crippen LogP contribution in [-0.2, 0) is 4.79 Å². The molecular formula is C17H16ClNO5. The Labute approximate surface area is 144 Å². The van der Waals surface area contributed by atoms with Gasteiger partial charge in [0.1, 0.15) is 11.5 Å². The van der Waals surface area contributed by atoms with E-state index in [-0.39, 0.29) is 12.3 Å². The predicted octanol–water partition coefficient (Wildman–Crippen LogP) is 4.16. The van der Waals surface area contributed by atoms with E-state index in [1.54, 1.807) is 19.1 Å². The van der Waals surface area contributed by atoms with Crippen molar-refractivity contribution in [2.45, 2.75) is 20.8 Å². The Bertz CT molecular complexity index is 781. The van der Waals surface area contributed by atoms with E-state index in [0.29, 0.717) is 22.1 Å². The first-order valence-electron chi connectivity index (χ1n) is 7.13. The number of esters is 1. The first-order chi connectivity index (χ1) is 11.3. The smallest absolute Gasteiger partial charge is 0.349 e. The van der Waals surface area contributed by atoms with Crippen LogP contribution in [-0.4, -0.2) is 17.5 Å². The lowest BCUT2D eigenvalue weighted by molar-refractivity contribution is -0.384. The van der Waals surface area contributed by atoms with Crippen molar-refractivity contribution in [3.8, 4) is 11.5 Å². The number of hydrogen-bond acceptors (Lipinski definition) is 5. The molecule has 0 aliphatic carbocycles. The molecule has 6 nitrogen and oxygen atoms in total. The summed E-state index contributed by atoms with van der Waals surface area (Å²) >= 11 is 6.07. The molecule has 126 valence electrons. The van der Waals surface area contributed by atoms with E-state index in [2.05, 4.69) is 0 Å². The Morgan fingerprint density at radius 3 is 2.29 bits per heavy atom. The van der Waals surface area contributed by atoms with Crippen LogP contribution in [0.25, 0.3) is 0 Å². The summed E-state index contributed by atoms with van der Waals surface area (Å²) in [6, 6.07) is 7.50. The second kappa shape index (κ2) is 7.31. The van der Waals surface area contributed by atoms with Gasteiger partial charge in [-0.25, -0.2) is 4.79 Å². The minimum atomic E-state index is -0.575. The number of ether oxygens (including phenoxy) is 2. The van der Waals surface area contributed by atoms with Crippen LogP contribution in [0.15, 0.2) is 30.3 Å². The van der Waals surface area contributed by atoms with Crippen molar-refractivity contribution in [2.24, 2.45) is 0 Å². The number of carbonyl (C=O) groups is 1. The number of halogens is 1. The third-order valence-corrected chi connectivity index (χ3v) is 3.95. The Hall–Kier alpha value is -2.60. The third kappa shape index (κ3) is 4.23. The zero-order valence-electron chi connectivity index (χ0n) is 13.5. The predicted molar refractivity (Wildman–Crippen MR) is 89.9 cm³/mol. The van der Waals surface area contributed by atoms with Gasteiger partial charge in [-0.15, -0.1) is 0 Å². The van der Waals surface area contributed by atoms with E-state index in [0.717, 1.165) is 11.1 Å². The van der Waals surface area contributed by atoms with E-state index in [1.165, 1.54) is 18.2 Å². The van der Waals surface area contributed by atoms with E-state index < -0.39 is 10.9 Å². The highest BCUT2D eigenvalue weighted by atomic mass is 35.5. The molecule has 0 aromatic heterocycles. The zero-order chi connectivity index (χ0) is 17.9. The van der Waals surface area contributed by atoms with Crippen LogP contribution in [0, 0.1) is 30.9 Å². The molecule has 0 atom stereocenters. The summed E-state index contributed by atoms with van der Waals surface area (Å²) in [7, 11) is 0. The largest absolute Gasteiger partial charge is 0.482 e. The fraction of sp³-hybridized carbons (Fsp3) is 0.235. The lowest BCUT2D eigenvalue weighted by atomic mass is 10.1. The molecule has 0 unspecified atom stereocenters. The van der Waals surface area contributed by atoms with Crippen LogP contribution in [0.3, 0.4) is 0 Å². The highest BCUT2D eigenvalue weighted by molar-refractivity contribution is 6.32. The van der Waals surface area contributed by atoms with Gasteiger partial charge in [-0.3, -0.25) is 10.1 Å². The number of nitrogens with zero attached hydrogens (tertiary/aromatic N) is 1. The van der Waals surface area contributed by atoms with Crippen molar-refractivity contribution >= 4 is 23.3 Å². The number of non-ortho nitro benzene ring substituents is 1. The van der Waals surface area contributed by atoms with Crippen LogP contribution in [0.2, 0.25) is 5.02 Å². The van der Waals surface area contributed by atoms with Gasteiger partial charge in [-0.2, -0.15) is 0 Å². The molecule has 7 heteroatoms. The molecule has 0 radical (unpaired) electrons. The van der Waals surface area contributed by atoms with Gasteiger partial charge in [0.15, 0.2) is 6.61 Å². The Morgan fingerprint density at radius 2 is 1.75 bits per heavy atom. The lowest BCUT2D eigenvalue weighted by Gasteiger charge is -2.10. The number of nitro benzene ring substituents is 1. The fourth-order valence-electron chi connectivity index (χ4n) is 2.17. The fourth-order valence-corrected chi connectivity index (χ4v) is 2.28. The molecule has 0 amide bonds. The highest BCUT2D eigenvalue weighted by Crippen LogP contribution is 2.26. The van der Waals surface area contributed by atoms with Gasteiger partial charge in [0.05, 0.1) is 4.92 Å². The van der Waals surface area contributed by atoms with Crippen molar-refractivity contribution in [2.75, 3.05) is 6.61 Å². The normalized spacial score (nSPS) is 10.3. The molecule has 0 aliphatic heterocycles. The summed E-state index contributed by atoms with van der Waals surface area (Å²) in [6.07, 6.45) is 0. The summed E-state index contributed by atoms with van der Waals surface area (Å²) in [6.45, 7) is 5.01. The molecule has 0 N–H and O–H groups in total. The van der Waals surface area contributed by atoms with Crippen molar-refractivity contribution in [1.82, 2.24) is 0 Å². The first kappa shape index (κ1) is 17.7. The molecule has 0 saturated carbocycles. The molecule has 0 saturated heterocycles. The summed E-state index contributed by atoms with van der Waals surface area (Å²) in [4.78, 5) is 22.1. The maximum Gasteiger partial charge on any atom is 0.349 e. The zero-order valence-corrected chi connectivity index (χ0v) is 14.2. The second-order valence-corrected chi connectivity index (χ2v) is 5.72. The van der Waals surface area contributed by atoms with Crippen LogP contribution in [0.4, 0.5) is 5.69 Å². The topological polar surface area (TPSA) is 78.7 Å².